The molecule has 0 amide bonds. The Balaban J connectivity index is 1.31. The van der Waals surface area contributed by atoms with Crippen molar-refractivity contribution in [2.75, 3.05) is 0 Å². The summed E-state index contributed by atoms with van der Waals surface area (Å²) in [5, 5.41) is 19.2. The molecule has 4 aromatic rings. The number of rotatable bonds is 12. The average Bonchev–Trinajstić information content (AvgIpc) is 2.95. The van der Waals surface area contributed by atoms with Gasteiger partial charge in [-0.25, -0.2) is 4.79 Å². The number of ether oxygens (including phenoxy) is 2. The zero-order chi connectivity index (χ0) is 28.3. The summed E-state index contributed by atoms with van der Waals surface area (Å²) in [6.45, 7) is 4.34. The molecule has 40 heavy (non-hydrogen) atoms. The fourth-order valence-electron chi connectivity index (χ4n) is 5.13. The SMILES string of the molecule is CCCC(Cc1ccc(OC(=O)Oc2ccc(CC(CCC)c3ccc(O)cc3)cc2)cc1)c1ccc(O)cc1. The van der Waals surface area contributed by atoms with Crippen molar-refractivity contribution in [2.45, 2.75) is 64.2 Å². The zero-order valence-corrected chi connectivity index (χ0v) is 23.3. The summed E-state index contributed by atoms with van der Waals surface area (Å²) in [7, 11) is 0. The highest BCUT2D eigenvalue weighted by Crippen LogP contribution is 2.29. The highest BCUT2D eigenvalue weighted by atomic mass is 16.7. The second-order valence-electron chi connectivity index (χ2n) is 10.3. The van der Waals surface area contributed by atoms with Crippen molar-refractivity contribution in [1.29, 1.82) is 0 Å². The van der Waals surface area contributed by atoms with Crippen LogP contribution < -0.4 is 9.47 Å². The Morgan fingerprint density at radius 1 is 0.575 bits per heavy atom. The van der Waals surface area contributed by atoms with E-state index < -0.39 is 6.16 Å². The topological polar surface area (TPSA) is 76.0 Å². The van der Waals surface area contributed by atoms with E-state index in [0.29, 0.717) is 23.3 Å². The molecule has 2 N–H and O–H groups in total. The molecular weight excluding hydrogens is 500 g/mol. The van der Waals surface area contributed by atoms with E-state index in [-0.39, 0.29) is 11.5 Å². The minimum atomic E-state index is -0.776. The van der Waals surface area contributed by atoms with Gasteiger partial charge in [0.25, 0.3) is 0 Å². The highest BCUT2D eigenvalue weighted by molar-refractivity contribution is 5.67. The van der Waals surface area contributed by atoms with Crippen molar-refractivity contribution in [3.63, 3.8) is 0 Å². The molecule has 2 atom stereocenters. The number of phenols is 2. The molecule has 4 rings (SSSR count). The van der Waals surface area contributed by atoms with Crippen LogP contribution in [0, 0.1) is 0 Å². The molecule has 0 saturated heterocycles. The lowest BCUT2D eigenvalue weighted by Crippen LogP contribution is -2.13. The maximum absolute atomic E-state index is 12.4. The maximum Gasteiger partial charge on any atom is 0.519 e. The van der Waals surface area contributed by atoms with E-state index in [2.05, 4.69) is 13.8 Å². The van der Waals surface area contributed by atoms with Crippen LogP contribution in [0.3, 0.4) is 0 Å². The molecular formula is C35H38O5. The lowest BCUT2D eigenvalue weighted by molar-refractivity contribution is 0.152. The highest BCUT2D eigenvalue weighted by Gasteiger charge is 2.15. The van der Waals surface area contributed by atoms with Crippen molar-refractivity contribution in [1.82, 2.24) is 0 Å². The zero-order valence-electron chi connectivity index (χ0n) is 23.3. The van der Waals surface area contributed by atoms with Gasteiger partial charge in [0.1, 0.15) is 23.0 Å². The van der Waals surface area contributed by atoms with Crippen LogP contribution in [0.5, 0.6) is 23.0 Å². The van der Waals surface area contributed by atoms with E-state index in [9.17, 15) is 15.0 Å². The maximum atomic E-state index is 12.4. The standard InChI is InChI=1S/C35H38O5/c1-3-5-29(27-11-15-31(36)16-12-27)23-25-7-19-33(20-8-25)39-35(38)40-34-21-9-26(10-22-34)24-30(6-4-2)28-13-17-32(37)18-14-28/h7-22,29-30,36-37H,3-6,23-24H2,1-2H3. The molecule has 0 aliphatic rings. The largest absolute Gasteiger partial charge is 0.519 e. The summed E-state index contributed by atoms with van der Waals surface area (Å²) in [6.07, 6.45) is 5.17. The minimum Gasteiger partial charge on any atom is -0.508 e. The Morgan fingerprint density at radius 2 is 0.925 bits per heavy atom. The molecule has 0 aliphatic heterocycles. The van der Waals surface area contributed by atoms with Gasteiger partial charge >= 0.3 is 6.16 Å². The molecule has 208 valence electrons. The Morgan fingerprint density at radius 3 is 1.25 bits per heavy atom. The van der Waals surface area contributed by atoms with Crippen LogP contribution in [0.15, 0.2) is 97.1 Å². The monoisotopic (exact) mass is 538 g/mol. The first-order valence-electron chi connectivity index (χ1n) is 14.1. The molecule has 0 radical (unpaired) electrons. The van der Waals surface area contributed by atoms with Crippen molar-refractivity contribution in [2.24, 2.45) is 0 Å². The summed E-state index contributed by atoms with van der Waals surface area (Å²) in [4.78, 5) is 12.4. The van der Waals surface area contributed by atoms with Crippen LogP contribution in [-0.2, 0) is 12.8 Å². The summed E-state index contributed by atoms with van der Waals surface area (Å²) in [5.41, 5.74) is 4.71. The molecule has 2 unspecified atom stereocenters. The van der Waals surface area contributed by atoms with Gasteiger partial charge in [-0.15, -0.1) is 0 Å². The van der Waals surface area contributed by atoms with E-state index in [4.69, 9.17) is 9.47 Å². The molecule has 0 bridgehead atoms. The number of aromatic hydroxyl groups is 2. The third-order valence-corrected chi connectivity index (χ3v) is 7.22. The smallest absolute Gasteiger partial charge is 0.508 e. The van der Waals surface area contributed by atoms with Crippen LogP contribution in [0.4, 0.5) is 4.79 Å². The van der Waals surface area contributed by atoms with Gasteiger partial charge in [-0.05, 0) is 108 Å². The Labute approximate surface area is 237 Å². The van der Waals surface area contributed by atoms with Gasteiger partial charge in [0.15, 0.2) is 0 Å². The quantitative estimate of drug-likeness (QED) is 0.139. The number of hydrogen-bond donors (Lipinski definition) is 2. The molecule has 0 aliphatic carbocycles. The molecule has 4 aromatic carbocycles. The third-order valence-electron chi connectivity index (χ3n) is 7.22. The van der Waals surface area contributed by atoms with E-state index in [1.807, 2.05) is 48.5 Å². The van der Waals surface area contributed by atoms with Crippen LogP contribution in [0.25, 0.3) is 0 Å². The lowest BCUT2D eigenvalue weighted by Gasteiger charge is -2.17. The van der Waals surface area contributed by atoms with E-state index in [1.54, 1.807) is 48.5 Å². The third kappa shape index (κ3) is 8.37. The summed E-state index contributed by atoms with van der Waals surface area (Å²) >= 11 is 0. The number of benzene rings is 4. The molecule has 0 saturated carbocycles. The Hall–Kier alpha value is -4.25. The number of phenolic OH excluding ortho intramolecular Hbond substituents is 2. The normalized spacial score (nSPS) is 12.4. The van der Waals surface area contributed by atoms with E-state index in [0.717, 1.165) is 49.7 Å². The second kappa shape index (κ2) is 14.2. The molecule has 5 nitrogen and oxygen atoms in total. The molecule has 0 spiro atoms. The average molecular weight is 539 g/mol. The Bertz CT molecular complexity index is 1220. The summed E-state index contributed by atoms with van der Waals surface area (Å²) < 4.78 is 10.8. The van der Waals surface area contributed by atoms with Gasteiger partial charge in [0, 0.05) is 0 Å². The number of hydrogen-bond acceptors (Lipinski definition) is 5. The molecule has 5 heteroatoms. The van der Waals surface area contributed by atoms with Crippen LogP contribution in [0.1, 0.15) is 73.6 Å². The van der Waals surface area contributed by atoms with Gasteiger partial charge in [-0.2, -0.15) is 0 Å². The van der Waals surface area contributed by atoms with Gasteiger partial charge < -0.3 is 19.7 Å². The number of carbonyl (C=O) groups is 1. The Kier molecular flexibility index (Phi) is 10.2. The first-order valence-corrected chi connectivity index (χ1v) is 14.1. The van der Waals surface area contributed by atoms with Crippen molar-refractivity contribution < 1.29 is 24.5 Å². The first kappa shape index (κ1) is 28.8. The minimum absolute atomic E-state index is 0.273. The summed E-state index contributed by atoms with van der Waals surface area (Å²) in [5.74, 6) is 2.10. The predicted octanol–water partition coefficient (Wildman–Crippen LogP) is 8.93. The van der Waals surface area contributed by atoms with Crippen molar-refractivity contribution in [3.8, 4) is 23.0 Å². The van der Waals surface area contributed by atoms with Crippen LogP contribution in [0.2, 0.25) is 0 Å². The van der Waals surface area contributed by atoms with Crippen LogP contribution >= 0.6 is 0 Å². The number of carbonyl (C=O) groups excluding carboxylic acids is 1. The molecule has 0 heterocycles. The van der Waals surface area contributed by atoms with Crippen LogP contribution in [-0.4, -0.2) is 16.4 Å². The fourth-order valence-corrected chi connectivity index (χ4v) is 5.13. The second-order valence-corrected chi connectivity index (χ2v) is 10.3. The van der Waals surface area contributed by atoms with E-state index >= 15 is 0 Å². The van der Waals surface area contributed by atoms with Crippen molar-refractivity contribution >= 4 is 6.16 Å². The van der Waals surface area contributed by atoms with Gasteiger partial charge in [0.05, 0.1) is 0 Å². The predicted molar refractivity (Wildman–Crippen MR) is 158 cm³/mol. The van der Waals surface area contributed by atoms with Gasteiger partial charge in [-0.3, -0.25) is 0 Å². The lowest BCUT2D eigenvalue weighted by atomic mass is 9.88. The van der Waals surface area contributed by atoms with E-state index in [1.165, 1.54) is 11.1 Å². The van der Waals surface area contributed by atoms with Crippen molar-refractivity contribution in [3.05, 3.63) is 119 Å². The van der Waals surface area contributed by atoms with Gasteiger partial charge in [-0.1, -0.05) is 75.2 Å². The van der Waals surface area contributed by atoms with Gasteiger partial charge in [0.2, 0.25) is 0 Å². The first-order chi connectivity index (χ1) is 19.4. The summed E-state index contributed by atoms with van der Waals surface area (Å²) in [6, 6.07) is 29.9. The fraction of sp³-hybridized carbons (Fsp3) is 0.286. The molecule has 0 aromatic heterocycles. The molecule has 0 fully saturated rings.